The van der Waals surface area contributed by atoms with Crippen LogP contribution in [-0.4, -0.2) is 34.4 Å². The molecule has 0 amide bonds. The van der Waals surface area contributed by atoms with Crippen LogP contribution in [0.3, 0.4) is 0 Å². The Morgan fingerprint density at radius 3 is 2.17 bits per heavy atom. The number of benzene rings is 1. The third kappa shape index (κ3) is 2.92. The zero-order valence-corrected chi connectivity index (χ0v) is 14.3. The van der Waals surface area contributed by atoms with Gasteiger partial charge in [-0.3, -0.25) is 0 Å². The van der Waals surface area contributed by atoms with E-state index in [9.17, 15) is 4.79 Å². The third-order valence-electron chi connectivity index (χ3n) is 4.41. The summed E-state index contributed by atoms with van der Waals surface area (Å²) < 4.78 is 12.0. The molecule has 7 heteroatoms. The van der Waals surface area contributed by atoms with E-state index in [1.807, 2.05) is 52.0 Å². The summed E-state index contributed by atoms with van der Waals surface area (Å²) in [6, 6.07) is 7.67. The molecule has 23 heavy (non-hydrogen) atoms. The van der Waals surface area contributed by atoms with E-state index in [1.165, 1.54) is 11.3 Å². The summed E-state index contributed by atoms with van der Waals surface area (Å²) in [4.78, 5) is 15.0. The van der Waals surface area contributed by atoms with Crippen LogP contribution in [-0.2, 0) is 9.31 Å². The second-order valence-electron chi connectivity index (χ2n) is 6.55. The van der Waals surface area contributed by atoms with Gasteiger partial charge in [-0.05, 0) is 33.2 Å². The van der Waals surface area contributed by atoms with Gasteiger partial charge in [0.25, 0.3) is 0 Å². The first-order chi connectivity index (χ1) is 10.7. The standard InChI is InChI=1S/C16H18BNO4S/c1-15(2)16(3,4)22-17(21-15)11-7-5-10(6-8-11)13-18-12(9-23-13)14(19)20/h5-9H,1-4H3,(H,19,20). The number of carboxylic acid groups (broad SMARTS) is 1. The Labute approximate surface area is 139 Å². The fraction of sp³-hybridized carbons (Fsp3) is 0.375. The predicted molar refractivity (Wildman–Crippen MR) is 90.2 cm³/mol. The predicted octanol–water partition coefficient (Wildman–Crippen LogP) is 2.81. The van der Waals surface area contributed by atoms with Gasteiger partial charge >= 0.3 is 13.1 Å². The molecule has 0 bridgehead atoms. The molecule has 0 aliphatic carbocycles. The van der Waals surface area contributed by atoms with Gasteiger partial charge < -0.3 is 14.4 Å². The molecule has 1 aliphatic rings. The molecule has 120 valence electrons. The van der Waals surface area contributed by atoms with Gasteiger partial charge in [0.2, 0.25) is 0 Å². The number of thiazole rings is 1. The van der Waals surface area contributed by atoms with Crippen LogP contribution >= 0.6 is 11.3 Å². The van der Waals surface area contributed by atoms with E-state index >= 15 is 0 Å². The fourth-order valence-electron chi connectivity index (χ4n) is 2.27. The number of hydrogen-bond donors (Lipinski definition) is 1. The molecule has 0 radical (unpaired) electrons. The van der Waals surface area contributed by atoms with E-state index in [2.05, 4.69) is 4.98 Å². The van der Waals surface area contributed by atoms with Gasteiger partial charge in [-0.2, -0.15) is 0 Å². The number of carboxylic acids is 1. The van der Waals surface area contributed by atoms with Gasteiger partial charge in [0.1, 0.15) is 5.01 Å². The molecule has 1 aromatic carbocycles. The number of carbonyl (C=O) groups is 1. The highest BCUT2D eigenvalue weighted by molar-refractivity contribution is 7.13. The smallest absolute Gasteiger partial charge is 0.476 e. The minimum absolute atomic E-state index is 0.0695. The van der Waals surface area contributed by atoms with Crippen LogP contribution in [0.15, 0.2) is 29.6 Å². The van der Waals surface area contributed by atoms with E-state index < -0.39 is 13.1 Å². The average Bonchev–Trinajstić information content (AvgIpc) is 3.03. The van der Waals surface area contributed by atoms with E-state index in [4.69, 9.17) is 14.4 Å². The monoisotopic (exact) mass is 331 g/mol. The van der Waals surface area contributed by atoms with Gasteiger partial charge in [-0.25, -0.2) is 9.78 Å². The molecule has 1 aliphatic heterocycles. The van der Waals surface area contributed by atoms with Crippen LogP contribution in [0.4, 0.5) is 0 Å². The quantitative estimate of drug-likeness (QED) is 0.876. The second kappa shape index (κ2) is 5.44. The molecule has 0 unspecified atom stereocenters. The lowest BCUT2D eigenvalue weighted by molar-refractivity contribution is 0.00578. The maximum absolute atomic E-state index is 10.9. The van der Waals surface area contributed by atoms with E-state index in [0.717, 1.165) is 11.0 Å². The van der Waals surface area contributed by atoms with Crippen LogP contribution in [0.2, 0.25) is 0 Å². The molecule has 1 N–H and O–H groups in total. The first-order valence-corrected chi connectivity index (χ1v) is 8.22. The Morgan fingerprint density at radius 2 is 1.70 bits per heavy atom. The van der Waals surface area contributed by atoms with Crippen LogP contribution in [0, 0.1) is 0 Å². The highest BCUT2D eigenvalue weighted by atomic mass is 32.1. The van der Waals surface area contributed by atoms with Crippen molar-refractivity contribution in [2.24, 2.45) is 0 Å². The van der Waals surface area contributed by atoms with Gasteiger partial charge in [0.05, 0.1) is 11.2 Å². The molecule has 1 saturated heterocycles. The maximum Gasteiger partial charge on any atom is 0.494 e. The largest absolute Gasteiger partial charge is 0.494 e. The second-order valence-corrected chi connectivity index (χ2v) is 7.41. The van der Waals surface area contributed by atoms with Crippen molar-refractivity contribution >= 4 is 29.9 Å². The van der Waals surface area contributed by atoms with Crippen LogP contribution < -0.4 is 5.46 Å². The van der Waals surface area contributed by atoms with E-state index in [0.29, 0.717) is 5.01 Å². The summed E-state index contributed by atoms with van der Waals surface area (Å²) in [5.74, 6) is -1.01. The molecular weight excluding hydrogens is 313 g/mol. The van der Waals surface area contributed by atoms with Crippen LogP contribution in [0.1, 0.15) is 38.2 Å². The average molecular weight is 331 g/mol. The van der Waals surface area contributed by atoms with E-state index in [1.54, 1.807) is 5.38 Å². The minimum Gasteiger partial charge on any atom is -0.476 e. The van der Waals surface area contributed by atoms with Crippen LogP contribution in [0.5, 0.6) is 0 Å². The minimum atomic E-state index is -1.01. The van der Waals surface area contributed by atoms with Crippen molar-refractivity contribution in [3.05, 3.63) is 35.3 Å². The Kier molecular flexibility index (Phi) is 3.82. The third-order valence-corrected chi connectivity index (χ3v) is 5.30. The first kappa shape index (κ1) is 16.2. The normalized spacial score (nSPS) is 19.0. The molecular formula is C16H18BNO4S. The lowest BCUT2D eigenvalue weighted by atomic mass is 9.79. The van der Waals surface area contributed by atoms with Gasteiger partial charge in [-0.1, -0.05) is 24.3 Å². The summed E-state index contributed by atoms with van der Waals surface area (Å²) in [5, 5.41) is 11.2. The lowest BCUT2D eigenvalue weighted by Gasteiger charge is -2.32. The van der Waals surface area contributed by atoms with Crippen molar-refractivity contribution in [3.63, 3.8) is 0 Å². The van der Waals surface area contributed by atoms with E-state index in [-0.39, 0.29) is 16.9 Å². The van der Waals surface area contributed by atoms with Crippen molar-refractivity contribution in [1.29, 1.82) is 0 Å². The number of aromatic nitrogens is 1. The molecule has 0 atom stereocenters. The summed E-state index contributed by atoms with van der Waals surface area (Å²) in [6.45, 7) is 8.07. The van der Waals surface area contributed by atoms with Crippen molar-refractivity contribution in [2.45, 2.75) is 38.9 Å². The number of hydrogen-bond acceptors (Lipinski definition) is 5. The Morgan fingerprint density at radius 1 is 1.13 bits per heavy atom. The SMILES string of the molecule is CC1(C)OB(c2ccc(-c3nc(C(=O)O)cs3)cc2)OC1(C)C. The van der Waals surface area contributed by atoms with Gasteiger partial charge in [0.15, 0.2) is 5.69 Å². The molecule has 1 fully saturated rings. The molecule has 2 aromatic rings. The van der Waals surface area contributed by atoms with Crippen molar-refractivity contribution in [1.82, 2.24) is 4.98 Å². The summed E-state index contributed by atoms with van der Waals surface area (Å²) in [7, 11) is -0.403. The molecule has 5 nitrogen and oxygen atoms in total. The fourth-order valence-corrected chi connectivity index (χ4v) is 3.07. The van der Waals surface area contributed by atoms with Gasteiger partial charge in [0, 0.05) is 10.9 Å². The first-order valence-electron chi connectivity index (χ1n) is 7.34. The molecule has 0 spiro atoms. The zero-order chi connectivity index (χ0) is 16.8. The summed E-state index contributed by atoms with van der Waals surface area (Å²) >= 11 is 1.31. The lowest BCUT2D eigenvalue weighted by Crippen LogP contribution is -2.41. The Balaban J connectivity index is 1.81. The highest BCUT2D eigenvalue weighted by Crippen LogP contribution is 2.36. The number of nitrogens with zero attached hydrogens (tertiary/aromatic N) is 1. The number of aromatic carboxylic acids is 1. The van der Waals surface area contributed by atoms with Crippen LogP contribution in [0.25, 0.3) is 10.6 Å². The van der Waals surface area contributed by atoms with Crippen molar-refractivity contribution in [2.75, 3.05) is 0 Å². The maximum atomic E-state index is 10.9. The molecule has 0 saturated carbocycles. The number of rotatable bonds is 3. The molecule has 3 rings (SSSR count). The topological polar surface area (TPSA) is 68.7 Å². The van der Waals surface area contributed by atoms with Crippen molar-refractivity contribution < 1.29 is 19.2 Å². The molecule has 2 heterocycles. The van der Waals surface area contributed by atoms with Gasteiger partial charge in [-0.15, -0.1) is 11.3 Å². The zero-order valence-electron chi connectivity index (χ0n) is 13.5. The Bertz CT molecular complexity index is 723. The highest BCUT2D eigenvalue weighted by Gasteiger charge is 2.51. The summed E-state index contributed by atoms with van der Waals surface area (Å²) in [6.07, 6.45) is 0. The van der Waals surface area contributed by atoms with Crippen molar-refractivity contribution in [3.8, 4) is 10.6 Å². The summed E-state index contributed by atoms with van der Waals surface area (Å²) in [5.41, 5.74) is 1.13. The Hall–Kier alpha value is -1.70. The molecule has 1 aromatic heterocycles.